The lowest BCUT2D eigenvalue weighted by molar-refractivity contribution is -0.137. The van der Waals surface area contributed by atoms with Gasteiger partial charge in [0, 0.05) is 25.2 Å². The van der Waals surface area contributed by atoms with Crippen LogP contribution in [0.25, 0.3) is 0 Å². The third kappa shape index (κ3) is 5.20. The van der Waals surface area contributed by atoms with Gasteiger partial charge in [0.15, 0.2) is 0 Å². The molecule has 1 unspecified atom stereocenters. The van der Waals surface area contributed by atoms with Crippen molar-refractivity contribution >= 4 is 11.8 Å². The topological polar surface area (TPSA) is 60.9 Å². The van der Waals surface area contributed by atoms with E-state index < -0.39 is 23.8 Å². The monoisotopic (exact) mass is 372 g/mol. The number of hydrogen-bond acceptors (Lipinski definition) is 3. The van der Waals surface area contributed by atoms with E-state index in [1.807, 2.05) is 20.8 Å². The second-order valence-corrected chi connectivity index (χ2v) is 7.75. The van der Waals surface area contributed by atoms with E-state index in [0.717, 1.165) is 23.1 Å². The first-order valence-corrected chi connectivity index (χ1v) is 8.29. The van der Waals surface area contributed by atoms with Crippen molar-refractivity contribution < 1.29 is 27.9 Å². The molecule has 0 radical (unpaired) electrons. The first-order valence-electron chi connectivity index (χ1n) is 8.29. The van der Waals surface area contributed by atoms with Gasteiger partial charge >= 0.3 is 6.18 Å². The van der Waals surface area contributed by atoms with Crippen molar-refractivity contribution in [3.8, 4) is 0 Å². The number of amides is 2. The highest BCUT2D eigenvalue weighted by Gasteiger charge is 2.34. The van der Waals surface area contributed by atoms with Crippen LogP contribution in [-0.2, 0) is 11.0 Å². The van der Waals surface area contributed by atoms with Gasteiger partial charge in [-0.15, -0.1) is 0 Å². The molecule has 1 fully saturated rings. The number of aliphatic hydroxyl groups excluding tert-OH is 1. The third-order valence-corrected chi connectivity index (χ3v) is 3.93. The fourth-order valence-electron chi connectivity index (χ4n) is 2.89. The Balaban J connectivity index is 2.21. The Bertz CT molecular complexity index is 683. The summed E-state index contributed by atoms with van der Waals surface area (Å²) in [4.78, 5) is 27.6. The van der Waals surface area contributed by atoms with Crippen molar-refractivity contribution in [3.63, 3.8) is 0 Å². The predicted molar refractivity (Wildman–Crippen MR) is 89.4 cm³/mol. The molecule has 1 N–H and O–H groups in total. The van der Waals surface area contributed by atoms with Crippen molar-refractivity contribution in [2.24, 2.45) is 5.41 Å². The highest BCUT2D eigenvalue weighted by Crippen LogP contribution is 2.30. The van der Waals surface area contributed by atoms with Gasteiger partial charge in [-0.3, -0.25) is 9.59 Å². The van der Waals surface area contributed by atoms with Crippen LogP contribution in [0.2, 0.25) is 0 Å². The van der Waals surface area contributed by atoms with Crippen LogP contribution in [0.1, 0.15) is 36.7 Å². The fourth-order valence-corrected chi connectivity index (χ4v) is 2.89. The van der Waals surface area contributed by atoms with E-state index in [2.05, 4.69) is 0 Å². The molecule has 2 amide bonds. The first-order chi connectivity index (χ1) is 11.9. The molecule has 1 aliphatic heterocycles. The number of carbonyl (C=O) groups is 2. The average molecular weight is 372 g/mol. The minimum Gasteiger partial charge on any atom is -0.389 e. The summed E-state index contributed by atoms with van der Waals surface area (Å²) in [6.07, 6.45) is -5.52. The second-order valence-electron chi connectivity index (χ2n) is 7.75. The molecule has 0 aromatic heterocycles. The molecule has 0 aliphatic carbocycles. The predicted octanol–water partition coefficient (Wildman–Crippen LogP) is 2.40. The number of alkyl halides is 3. The van der Waals surface area contributed by atoms with Crippen LogP contribution in [0.4, 0.5) is 13.2 Å². The van der Waals surface area contributed by atoms with Crippen LogP contribution < -0.4 is 0 Å². The van der Waals surface area contributed by atoms with Crippen molar-refractivity contribution in [3.05, 3.63) is 35.4 Å². The number of aliphatic hydroxyl groups is 1. The Hall–Kier alpha value is -2.09. The van der Waals surface area contributed by atoms with E-state index in [1.54, 1.807) is 0 Å². The molecule has 8 heteroatoms. The van der Waals surface area contributed by atoms with Gasteiger partial charge in [-0.2, -0.15) is 13.2 Å². The number of rotatable bonds is 2. The summed E-state index contributed by atoms with van der Waals surface area (Å²) < 4.78 is 38.5. The molecule has 0 saturated carbocycles. The van der Waals surface area contributed by atoms with Crippen molar-refractivity contribution in [1.29, 1.82) is 0 Å². The quantitative estimate of drug-likeness (QED) is 0.867. The first kappa shape index (κ1) is 20.2. The van der Waals surface area contributed by atoms with Gasteiger partial charge in [0.25, 0.3) is 5.91 Å². The number of carbonyl (C=O) groups excluding carboxylic acids is 2. The molecule has 2 rings (SSSR count). The molecule has 26 heavy (non-hydrogen) atoms. The summed E-state index contributed by atoms with van der Waals surface area (Å²) in [5.41, 5.74) is -1.28. The third-order valence-electron chi connectivity index (χ3n) is 3.93. The average Bonchev–Trinajstić information content (AvgIpc) is 2.63. The van der Waals surface area contributed by atoms with Crippen LogP contribution in [0.15, 0.2) is 24.3 Å². The number of hydrogen-bond donors (Lipinski definition) is 1. The van der Waals surface area contributed by atoms with Gasteiger partial charge in [0.2, 0.25) is 5.91 Å². The maximum absolute atomic E-state index is 12.8. The molecule has 1 saturated heterocycles. The van der Waals surface area contributed by atoms with Gasteiger partial charge in [0.05, 0.1) is 11.7 Å². The molecule has 1 atom stereocenters. The molecular formula is C18H23F3N2O3. The van der Waals surface area contributed by atoms with E-state index in [0.29, 0.717) is 6.54 Å². The van der Waals surface area contributed by atoms with Crippen molar-refractivity contribution in [2.75, 3.05) is 26.2 Å². The van der Waals surface area contributed by atoms with E-state index in [1.165, 1.54) is 11.0 Å². The van der Waals surface area contributed by atoms with E-state index in [4.69, 9.17) is 0 Å². The minimum absolute atomic E-state index is 0.0858. The minimum atomic E-state index is -4.56. The summed E-state index contributed by atoms with van der Waals surface area (Å²) in [6.45, 7) is 5.95. The van der Waals surface area contributed by atoms with Crippen molar-refractivity contribution in [1.82, 2.24) is 9.80 Å². The Morgan fingerprint density at radius 1 is 1.23 bits per heavy atom. The Morgan fingerprint density at radius 3 is 2.46 bits per heavy atom. The molecular weight excluding hydrogens is 349 g/mol. The number of nitrogens with zero attached hydrogens (tertiary/aromatic N) is 2. The van der Waals surface area contributed by atoms with Gasteiger partial charge in [-0.1, -0.05) is 26.8 Å². The van der Waals surface area contributed by atoms with Gasteiger partial charge in [-0.25, -0.2) is 0 Å². The summed E-state index contributed by atoms with van der Waals surface area (Å²) in [5.74, 6) is -1.04. The highest BCUT2D eigenvalue weighted by molar-refractivity contribution is 5.97. The Labute approximate surface area is 150 Å². The molecule has 1 aromatic rings. The molecule has 1 aromatic carbocycles. The number of halogens is 3. The second kappa shape index (κ2) is 7.26. The molecule has 0 bridgehead atoms. The SMILES string of the molecule is CC(C)(C)CN1CC(O)CN(C(=O)c2cccc(C(F)(F)F)c2)CC1=O. The van der Waals surface area contributed by atoms with Gasteiger partial charge in [0.1, 0.15) is 6.54 Å². The van der Waals surface area contributed by atoms with Crippen LogP contribution in [0.3, 0.4) is 0 Å². The molecule has 1 aliphatic rings. The molecule has 144 valence electrons. The molecule has 1 heterocycles. The molecule has 5 nitrogen and oxygen atoms in total. The largest absolute Gasteiger partial charge is 0.416 e. The van der Waals surface area contributed by atoms with Crippen LogP contribution in [-0.4, -0.2) is 59.0 Å². The zero-order valence-electron chi connectivity index (χ0n) is 15.0. The lowest BCUT2D eigenvalue weighted by atomic mass is 9.96. The van der Waals surface area contributed by atoms with Gasteiger partial charge in [-0.05, 0) is 23.6 Å². The Morgan fingerprint density at radius 2 is 1.88 bits per heavy atom. The lowest BCUT2D eigenvalue weighted by Crippen LogP contribution is -2.42. The summed E-state index contributed by atoms with van der Waals surface area (Å²) in [6, 6.07) is 4.06. The van der Waals surface area contributed by atoms with Gasteiger partial charge < -0.3 is 14.9 Å². The highest BCUT2D eigenvalue weighted by atomic mass is 19.4. The lowest BCUT2D eigenvalue weighted by Gasteiger charge is -2.29. The normalized spacial score (nSPS) is 19.5. The summed E-state index contributed by atoms with van der Waals surface area (Å²) in [5, 5.41) is 10.2. The number of benzene rings is 1. The van der Waals surface area contributed by atoms with E-state index in [-0.39, 0.29) is 36.5 Å². The zero-order valence-corrected chi connectivity index (χ0v) is 15.0. The maximum atomic E-state index is 12.8. The maximum Gasteiger partial charge on any atom is 0.416 e. The standard InChI is InChI=1S/C18H23F3N2O3/c1-17(2,3)11-23-9-14(24)8-22(10-15(23)25)16(26)12-5-4-6-13(7-12)18(19,20)21/h4-7,14,24H,8-11H2,1-3H3. The van der Waals surface area contributed by atoms with Crippen LogP contribution >= 0.6 is 0 Å². The smallest absolute Gasteiger partial charge is 0.389 e. The van der Waals surface area contributed by atoms with E-state index in [9.17, 15) is 27.9 Å². The Kier molecular flexibility index (Phi) is 5.65. The number of β-amino-alcohol motifs (C(OH)–C–C–N with tert-alkyl or cyclic N) is 1. The van der Waals surface area contributed by atoms with Crippen LogP contribution in [0.5, 0.6) is 0 Å². The summed E-state index contributed by atoms with van der Waals surface area (Å²) in [7, 11) is 0. The van der Waals surface area contributed by atoms with Crippen LogP contribution in [0, 0.1) is 5.41 Å². The van der Waals surface area contributed by atoms with Crippen molar-refractivity contribution in [2.45, 2.75) is 33.1 Å². The fraction of sp³-hybridized carbons (Fsp3) is 0.556. The summed E-state index contributed by atoms with van der Waals surface area (Å²) >= 11 is 0. The molecule has 0 spiro atoms. The zero-order chi connectivity index (χ0) is 19.7. The van der Waals surface area contributed by atoms with E-state index >= 15 is 0 Å².